The largest absolute Gasteiger partial charge is 0.508 e. The van der Waals surface area contributed by atoms with Gasteiger partial charge in [0.25, 0.3) is 0 Å². The Morgan fingerprint density at radius 2 is 1.67 bits per heavy atom. The average Bonchev–Trinajstić information content (AvgIpc) is 2.44. The van der Waals surface area contributed by atoms with E-state index in [-0.39, 0.29) is 23.9 Å². The molecule has 0 saturated heterocycles. The van der Waals surface area contributed by atoms with Gasteiger partial charge in [-0.05, 0) is 24.6 Å². The smallest absolute Gasteiger partial charge is 0.416 e. The van der Waals surface area contributed by atoms with Gasteiger partial charge in [0.15, 0.2) is 0 Å². The molecule has 21 heavy (non-hydrogen) atoms. The minimum absolute atomic E-state index is 0.0746. The van der Waals surface area contributed by atoms with Crippen LogP contribution in [-0.4, -0.2) is 5.11 Å². The Morgan fingerprint density at radius 3 is 2.33 bits per heavy atom. The number of phenolic OH excluding ortho intramolecular Hbond substituents is 1. The van der Waals surface area contributed by atoms with Gasteiger partial charge < -0.3 is 10.4 Å². The predicted octanol–water partition coefficient (Wildman–Crippen LogP) is 4.26. The monoisotopic (exact) mass is 295 g/mol. The number of rotatable bonds is 4. The number of aromatic hydroxyl groups is 1. The summed E-state index contributed by atoms with van der Waals surface area (Å²) in [5.74, 6) is 0.126. The van der Waals surface area contributed by atoms with Crippen molar-refractivity contribution < 1.29 is 18.3 Å². The van der Waals surface area contributed by atoms with E-state index in [1.807, 2.05) is 0 Å². The van der Waals surface area contributed by atoms with Gasteiger partial charge in [0.05, 0.1) is 5.56 Å². The van der Waals surface area contributed by atoms with Gasteiger partial charge in [-0.2, -0.15) is 13.2 Å². The highest BCUT2D eigenvalue weighted by atomic mass is 19.4. The Kier molecular flexibility index (Phi) is 4.53. The highest BCUT2D eigenvalue weighted by molar-refractivity contribution is 5.34. The van der Waals surface area contributed by atoms with E-state index in [2.05, 4.69) is 5.32 Å². The summed E-state index contributed by atoms with van der Waals surface area (Å²) in [6.07, 6.45) is -4.36. The molecule has 5 heteroatoms. The Morgan fingerprint density at radius 1 is 1.05 bits per heavy atom. The standard InChI is InChI=1S/C16H16F3NO/c1-11(13-7-3-5-9-15(13)21)20-10-12-6-2-4-8-14(12)16(17,18)19/h2-9,11,20-21H,10H2,1H3. The quantitative estimate of drug-likeness (QED) is 0.883. The molecule has 0 aliphatic rings. The maximum absolute atomic E-state index is 12.9. The number of hydrogen-bond acceptors (Lipinski definition) is 2. The zero-order chi connectivity index (χ0) is 15.5. The lowest BCUT2D eigenvalue weighted by molar-refractivity contribution is -0.138. The van der Waals surface area contributed by atoms with Crippen LogP contribution in [0.1, 0.15) is 29.7 Å². The molecule has 0 spiro atoms. The van der Waals surface area contributed by atoms with Crippen molar-refractivity contribution in [3.63, 3.8) is 0 Å². The van der Waals surface area contributed by atoms with Crippen molar-refractivity contribution in [1.82, 2.24) is 5.32 Å². The molecule has 2 N–H and O–H groups in total. The van der Waals surface area contributed by atoms with Gasteiger partial charge in [-0.25, -0.2) is 0 Å². The van der Waals surface area contributed by atoms with Crippen LogP contribution < -0.4 is 5.32 Å². The van der Waals surface area contributed by atoms with Crippen LogP contribution >= 0.6 is 0 Å². The molecule has 0 heterocycles. The van der Waals surface area contributed by atoms with Gasteiger partial charge in [-0.15, -0.1) is 0 Å². The number of halogens is 3. The van der Waals surface area contributed by atoms with Crippen molar-refractivity contribution in [2.75, 3.05) is 0 Å². The molecule has 2 nitrogen and oxygen atoms in total. The van der Waals surface area contributed by atoms with Crippen LogP contribution in [0.25, 0.3) is 0 Å². The molecule has 0 amide bonds. The molecule has 0 radical (unpaired) electrons. The third kappa shape index (κ3) is 3.76. The molecular weight excluding hydrogens is 279 g/mol. The van der Waals surface area contributed by atoms with Gasteiger partial charge in [0.2, 0.25) is 0 Å². The SMILES string of the molecule is CC(NCc1ccccc1C(F)(F)F)c1ccccc1O. The first-order valence-electron chi connectivity index (χ1n) is 6.56. The molecule has 2 aromatic rings. The van der Waals surface area contributed by atoms with Crippen molar-refractivity contribution in [2.45, 2.75) is 25.7 Å². The molecule has 1 atom stereocenters. The van der Waals surface area contributed by atoms with E-state index in [0.717, 1.165) is 6.07 Å². The van der Waals surface area contributed by atoms with Crippen molar-refractivity contribution >= 4 is 0 Å². The van der Waals surface area contributed by atoms with Crippen LogP contribution in [0.15, 0.2) is 48.5 Å². The highest BCUT2D eigenvalue weighted by Gasteiger charge is 2.32. The number of nitrogens with one attached hydrogen (secondary N) is 1. The minimum atomic E-state index is -4.36. The van der Waals surface area contributed by atoms with Crippen molar-refractivity contribution in [3.8, 4) is 5.75 Å². The van der Waals surface area contributed by atoms with E-state index in [4.69, 9.17) is 0 Å². The molecule has 2 aromatic carbocycles. The second-order valence-corrected chi connectivity index (χ2v) is 4.82. The molecule has 0 aliphatic heterocycles. The zero-order valence-electron chi connectivity index (χ0n) is 11.5. The summed E-state index contributed by atoms with van der Waals surface area (Å²) in [4.78, 5) is 0. The predicted molar refractivity (Wildman–Crippen MR) is 74.8 cm³/mol. The molecule has 2 rings (SSSR count). The Hall–Kier alpha value is -2.01. The number of alkyl halides is 3. The van der Waals surface area contributed by atoms with E-state index >= 15 is 0 Å². The number of phenols is 1. The van der Waals surface area contributed by atoms with Crippen molar-refractivity contribution in [2.24, 2.45) is 0 Å². The maximum Gasteiger partial charge on any atom is 0.416 e. The fraction of sp³-hybridized carbons (Fsp3) is 0.250. The van der Waals surface area contributed by atoms with Crippen LogP contribution in [0.5, 0.6) is 5.75 Å². The Labute approximate surface area is 121 Å². The first kappa shape index (κ1) is 15.4. The maximum atomic E-state index is 12.9. The van der Waals surface area contributed by atoms with Gasteiger partial charge in [0.1, 0.15) is 5.75 Å². The topological polar surface area (TPSA) is 32.3 Å². The first-order valence-corrected chi connectivity index (χ1v) is 6.56. The van der Waals surface area contributed by atoms with E-state index < -0.39 is 11.7 Å². The summed E-state index contributed by atoms with van der Waals surface area (Å²) >= 11 is 0. The Balaban J connectivity index is 2.12. The van der Waals surface area contributed by atoms with Crippen LogP contribution in [0, 0.1) is 0 Å². The number of hydrogen-bond donors (Lipinski definition) is 2. The molecule has 0 fully saturated rings. The van der Waals surface area contributed by atoms with Crippen LogP contribution in [0.3, 0.4) is 0 Å². The second-order valence-electron chi connectivity index (χ2n) is 4.82. The van der Waals surface area contributed by atoms with Crippen LogP contribution in [0.2, 0.25) is 0 Å². The van der Waals surface area contributed by atoms with Crippen LogP contribution in [0.4, 0.5) is 13.2 Å². The summed E-state index contributed by atoms with van der Waals surface area (Å²) in [6, 6.07) is 12.0. The fourth-order valence-corrected chi connectivity index (χ4v) is 2.18. The molecule has 0 bridgehead atoms. The molecule has 0 aromatic heterocycles. The van der Waals surface area contributed by atoms with E-state index in [0.29, 0.717) is 5.56 Å². The summed E-state index contributed by atoms with van der Waals surface area (Å²) < 4.78 is 38.7. The first-order chi connectivity index (χ1) is 9.89. The summed E-state index contributed by atoms with van der Waals surface area (Å²) in [6.45, 7) is 1.87. The summed E-state index contributed by atoms with van der Waals surface area (Å²) in [7, 11) is 0. The summed E-state index contributed by atoms with van der Waals surface area (Å²) in [5.41, 5.74) is 0.205. The molecular formula is C16H16F3NO. The van der Waals surface area contributed by atoms with Gasteiger partial charge in [-0.1, -0.05) is 36.4 Å². The van der Waals surface area contributed by atoms with Gasteiger partial charge >= 0.3 is 6.18 Å². The second kappa shape index (κ2) is 6.18. The number of para-hydroxylation sites is 1. The van der Waals surface area contributed by atoms with E-state index in [9.17, 15) is 18.3 Å². The Bertz CT molecular complexity index is 610. The zero-order valence-corrected chi connectivity index (χ0v) is 11.5. The van der Waals surface area contributed by atoms with E-state index in [1.165, 1.54) is 12.1 Å². The molecule has 0 saturated carbocycles. The van der Waals surface area contributed by atoms with Crippen LogP contribution in [-0.2, 0) is 12.7 Å². The van der Waals surface area contributed by atoms with E-state index in [1.54, 1.807) is 37.3 Å². The third-order valence-electron chi connectivity index (χ3n) is 3.32. The van der Waals surface area contributed by atoms with Crippen molar-refractivity contribution in [1.29, 1.82) is 0 Å². The molecule has 112 valence electrons. The summed E-state index contributed by atoms with van der Waals surface area (Å²) in [5, 5.41) is 12.8. The lowest BCUT2D eigenvalue weighted by atomic mass is 10.0. The third-order valence-corrected chi connectivity index (χ3v) is 3.32. The minimum Gasteiger partial charge on any atom is -0.508 e. The van der Waals surface area contributed by atoms with Crippen molar-refractivity contribution in [3.05, 3.63) is 65.2 Å². The fourth-order valence-electron chi connectivity index (χ4n) is 2.18. The lowest BCUT2D eigenvalue weighted by Gasteiger charge is -2.18. The molecule has 0 aliphatic carbocycles. The normalized spacial score (nSPS) is 13.1. The molecule has 1 unspecified atom stereocenters. The van der Waals surface area contributed by atoms with Gasteiger partial charge in [-0.3, -0.25) is 0 Å². The highest BCUT2D eigenvalue weighted by Crippen LogP contribution is 2.32. The average molecular weight is 295 g/mol. The number of benzene rings is 2. The lowest BCUT2D eigenvalue weighted by Crippen LogP contribution is -2.20. The van der Waals surface area contributed by atoms with Gasteiger partial charge in [0, 0.05) is 18.2 Å².